The lowest BCUT2D eigenvalue weighted by atomic mass is 10.0. The number of rotatable bonds is 3. The summed E-state index contributed by atoms with van der Waals surface area (Å²) in [5.74, 6) is 0.706. The van der Waals surface area contributed by atoms with Crippen LogP contribution in [0.3, 0.4) is 0 Å². The molecule has 0 aliphatic carbocycles. The molecule has 1 aromatic rings. The quantitative estimate of drug-likeness (QED) is 0.570. The minimum Gasteiger partial charge on any atom is -0.493 e. The molecule has 1 rings (SSSR count). The Bertz CT molecular complexity index is 359. The first-order valence-electron chi connectivity index (χ1n) is 4.64. The van der Waals surface area contributed by atoms with Gasteiger partial charge in [-0.1, -0.05) is 0 Å². The molecule has 0 radical (unpaired) electrons. The van der Waals surface area contributed by atoms with E-state index in [0.717, 1.165) is 5.56 Å². The molecule has 0 amide bonds. The van der Waals surface area contributed by atoms with E-state index in [2.05, 4.69) is 0 Å². The van der Waals surface area contributed by atoms with E-state index < -0.39 is 0 Å². The molecule has 0 unspecified atom stereocenters. The average Bonchev–Trinajstić information content (AvgIpc) is 2.01. The van der Waals surface area contributed by atoms with Crippen LogP contribution in [0.1, 0.15) is 25.0 Å². The molecule has 3 nitrogen and oxygen atoms in total. The van der Waals surface area contributed by atoms with Gasteiger partial charge in [-0.15, -0.1) is 0 Å². The van der Waals surface area contributed by atoms with E-state index in [4.69, 9.17) is 15.9 Å². The van der Waals surface area contributed by atoms with Gasteiger partial charge in [-0.3, -0.25) is 0 Å². The standard InChI is InChI=1S/C11H16N2O/c1-4-14-10-6-7(2)5-9(13)11(10)8(3)12/h5-6,12H,4,13H2,1-3H3. The average molecular weight is 192 g/mol. The van der Waals surface area contributed by atoms with E-state index >= 15 is 0 Å². The summed E-state index contributed by atoms with van der Waals surface area (Å²) < 4.78 is 5.44. The molecule has 0 saturated carbocycles. The van der Waals surface area contributed by atoms with Crippen LogP contribution in [-0.2, 0) is 0 Å². The zero-order chi connectivity index (χ0) is 10.7. The first-order chi connectivity index (χ1) is 6.56. The Morgan fingerprint density at radius 1 is 1.50 bits per heavy atom. The fourth-order valence-corrected chi connectivity index (χ4v) is 1.45. The second-order valence-corrected chi connectivity index (χ2v) is 3.29. The van der Waals surface area contributed by atoms with Crippen LogP contribution in [-0.4, -0.2) is 12.3 Å². The molecule has 0 atom stereocenters. The fourth-order valence-electron chi connectivity index (χ4n) is 1.45. The van der Waals surface area contributed by atoms with Gasteiger partial charge in [0.25, 0.3) is 0 Å². The molecular formula is C11H16N2O. The summed E-state index contributed by atoms with van der Waals surface area (Å²) >= 11 is 0. The van der Waals surface area contributed by atoms with Gasteiger partial charge >= 0.3 is 0 Å². The van der Waals surface area contributed by atoms with Crippen molar-refractivity contribution in [2.24, 2.45) is 0 Å². The van der Waals surface area contributed by atoms with Gasteiger partial charge in [0.2, 0.25) is 0 Å². The van der Waals surface area contributed by atoms with Crippen molar-refractivity contribution in [2.75, 3.05) is 12.3 Å². The van der Waals surface area contributed by atoms with Crippen LogP contribution in [0.25, 0.3) is 0 Å². The second kappa shape index (κ2) is 4.13. The SMILES string of the molecule is CCOc1cc(C)cc(N)c1C(C)=N. The van der Waals surface area contributed by atoms with E-state index in [1.807, 2.05) is 26.0 Å². The third kappa shape index (κ3) is 2.05. The van der Waals surface area contributed by atoms with E-state index in [1.54, 1.807) is 6.92 Å². The monoisotopic (exact) mass is 192 g/mol. The largest absolute Gasteiger partial charge is 0.493 e. The summed E-state index contributed by atoms with van der Waals surface area (Å²) in [6.45, 7) is 6.18. The predicted molar refractivity (Wildman–Crippen MR) is 59.3 cm³/mol. The first-order valence-corrected chi connectivity index (χ1v) is 4.64. The summed E-state index contributed by atoms with van der Waals surface area (Å²) in [5, 5.41) is 7.61. The normalized spacial score (nSPS) is 9.93. The highest BCUT2D eigenvalue weighted by Gasteiger charge is 2.10. The molecule has 3 heteroatoms. The maximum Gasteiger partial charge on any atom is 0.130 e. The number of aryl methyl sites for hydroxylation is 1. The van der Waals surface area contributed by atoms with E-state index in [0.29, 0.717) is 29.3 Å². The minimum absolute atomic E-state index is 0.436. The van der Waals surface area contributed by atoms with Gasteiger partial charge in [0.15, 0.2) is 0 Å². The van der Waals surface area contributed by atoms with Gasteiger partial charge in [0.05, 0.1) is 12.2 Å². The molecule has 76 valence electrons. The number of ether oxygens (including phenoxy) is 1. The summed E-state index contributed by atoms with van der Waals surface area (Å²) in [6.07, 6.45) is 0. The van der Waals surface area contributed by atoms with Gasteiger partial charge in [-0.05, 0) is 38.5 Å². The third-order valence-corrected chi connectivity index (χ3v) is 1.95. The summed E-state index contributed by atoms with van der Waals surface area (Å²) in [5.41, 5.74) is 8.64. The van der Waals surface area contributed by atoms with Gasteiger partial charge in [-0.25, -0.2) is 0 Å². The number of anilines is 1. The number of nitrogens with one attached hydrogen (secondary N) is 1. The van der Waals surface area contributed by atoms with Crippen molar-refractivity contribution in [3.8, 4) is 5.75 Å². The summed E-state index contributed by atoms with van der Waals surface area (Å²) in [6, 6.07) is 3.77. The Kier molecular flexibility index (Phi) is 3.12. The number of hydrogen-bond acceptors (Lipinski definition) is 3. The van der Waals surface area contributed by atoms with Crippen molar-refractivity contribution in [3.05, 3.63) is 23.3 Å². The predicted octanol–water partition coefficient (Wildman–Crippen LogP) is 2.36. The van der Waals surface area contributed by atoms with Crippen molar-refractivity contribution in [1.82, 2.24) is 0 Å². The molecule has 0 saturated heterocycles. The van der Waals surface area contributed by atoms with E-state index in [1.165, 1.54) is 0 Å². The van der Waals surface area contributed by atoms with Crippen molar-refractivity contribution in [2.45, 2.75) is 20.8 Å². The maximum atomic E-state index is 7.61. The molecule has 0 aliphatic heterocycles. The highest BCUT2D eigenvalue weighted by molar-refractivity contribution is 6.03. The summed E-state index contributed by atoms with van der Waals surface area (Å²) in [7, 11) is 0. The van der Waals surface area contributed by atoms with Crippen LogP contribution < -0.4 is 10.5 Å². The molecule has 0 spiro atoms. The number of nitrogens with two attached hydrogens (primary N) is 1. The topological polar surface area (TPSA) is 59.1 Å². The molecule has 3 N–H and O–H groups in total. The van der Waals surface area contributed by atoms with Crippen LogP contribution in [0, 0.1) is 12.3 Å². The Balaban J connectivity index is 3.28. The molecule has 0 aromatic heterocycles. The molecule has 0 fully saturated rings. The zero-order valence-electron chi connectivity index (χ0n) is 8.85. The van der Waals surface area contributed by atoms with Gasteiger partial charge in [0, 0.05) is 11.4 Å². The fraction of sp³-hybridized carbons (Fsp3) is 0.364. The number of hydrogen-bond donors (Lipinski definition) is 2. The number of benzene rings is 1. The Morgan fingerprint density at radius 2 is 2.14 bits per heavy atom. The van der Waals surface area contributed by atoms with Crippen LogP contribution in [0.2, 0.25) is 0 Å². The lowest BCUT2D eigenvalue weighted by molar-refractivity contribution is 0.339. The molecule has 0 heterocycles. The zero-order valence-corrected chi connectivity index (χ0v) is 8.85. The molecule has 0 bridgehead atoms. The van der Waals surface area contributed by atoms with Crippen molar-refractivity contribution < 1.29 is 4.74 Å². The highest BCUT2D eigenvalue weighted by atomic mass is 16.5. The van der Waals surface area contributed by atoms with Crippen LogP contribution >= 0.6 is 0 Å². The van der Waals surface area contributed by atoms with Crippen molar-refractivity contribution >= 4 is 11.4 Å². The lowest BCUT2D eigenvalue weighted by Gasteiger charge is -2.12. The minimum atomic E-state index is 0.436. The van der Waals surface area contributed by atoms with Gasteiger partial charge in [0.1, 0.15) is 5.75 Å². The Morgan fingerprint density at radius 3 is 2.64 bits per heavy atom. The smallest absolute Gasteiger partial charge is 0.130 e. The van der Waals surface area contributed by atoms with Crippen molar-refractivity contribution in [3.63, 3.8) is 0 Å². The van der Waals surface area contributed by atoms with Gasteiger partial charge in [-0.2, -0.15) is 0 Å². The number of nitrogen functional groups attached to an aromatic ring is 1. The molecule has 14 heavy (non-hydrogen) atoms. The molecule has 0 aliphatic rings. The van der Waals surface area contributed by atoms with E-state index in [9.17, 15) is 0 Å². The third-order valence-electron chi connectivity index (χ3n) is 1.95. The van der Waals surface area contributed by atoms with Crippen LogP contribution in [0.15, 0.2) is 12.1 Å². The van der Waals surface area contributed by atoms with Crippen LogP contribution in [0.4, 0.5) is 5.69 Å². The highest BCUT2D eigenvalue weighted by Crippen LogP contribution is 2.27. The van der Waals surface area contributed by atoms with Crippen LogP contribution in [0.5, 0.6) is 5.75 Å². The molecule has 1 aromatic carbocycles. The Hall–Kier alpha value is -1.51. The van der Waals surface area contributed by atoms with E-state index in [-0.39, 0.29) is 0 Å². The van der Waals surface area contributed by atoms with Crippen molar-refractivity contribution in [1.29, 1.82) is 5.41 Å². The van der Waals surface area contributed by atoms with Gasteiger partial charge < -0.3 is 15.9 Å². The Labute approximate surface area is 84.4 Å². The lowest BCUT2D eigenvalue weighted by Crippen LogP contribution is -2.05. The second-order valence-electron chi connectivity index (χ2n) is 3.29. The maximum absolute atomic E-state index is 7.61. The first kappa shape index (κ1) is 10.6. The summed E-state index contributed by atoms with van der Waals surface area (Å²) in [4.78, 5) is 0. The molecular weight excluding hydrogens is 176 g/mol.